The van der Waals surface area contributed by atoms with Gasteiger partial charge in [0.1, 0.15) is 0 Å². The van der Waals surface area contributed by atoms with E-state index in [0.717, 1.165) is 16.7 Å². The number of hydrogen-bond acceptors (Lipinski definition) is 3. The normalized spacial score (nSPS) is 10.6. The van der Waals surface area contributed by atoms with Gasteiger partial charge in [-0.15, -0.1) is 0 Å². The van der Waals surface area contributed by atoms with E-state index in [0.29, 0.717) is 11.1 Å². The largest absolute Gasteiger partial charge is 0.504 e. The van der Waals surface area contributed by atoms with Crippen molar-refractivity contribution in [1.82, 2.24) is 0 Å². The number of aryl methyl sites for hydroxylation is 1. The summed E-state index contributed by atoms with van der Waals surface area (Å²) in [4.78, 5) is 0. The molecule has 0 atom stereocenters. The molecule has 3 N–H and O–H groups in total. The summed E-state index contributed by atoms with van der Waals surface area (Å²) in [5.74, 6) is -1.00. The van der Waals surface area contributed by atoms with Crippen LogP contribution in [0.5, 0.6) is 17.2 Å². The van der Waals surface area contributed by atoms with Gasteiger partial charge in [0.25, 0.3) is 0 Å². The van der Waals surface area contributed by atoms with Crippen LogP contribution in [0.4, 0.5) is 0 Å². The molecule has 0 radical (unpaired) electrons. The molecular formula is C15H16O3. The van der Waals surface area contributed by atoms with E-state index in [1.165, 1.54) is 0 Å². The van der Waals surface area contributed by atoms with Gasteiger partial charge in [-0.2, -0.15) is 0 Å². The minimum absolute atomic E-state index is 0.263. The van der Waals surface area contributed by atoms with Gasteiger partial charge in [-0.25, -0.2) is 0 Å². The van der Waals surface area contributed by atoms with E-state index < -0.39 is 5.75 Å². The molecule has 0 unspecified atom stereocenters. The molecule has 0 spiro atoms. The summed E-state index contributed by atoms with van der Waals surface area (Å²) in [5.41, 5.74) is 3.78. The van der Waals surface area contributed by atoms with Gasteiger partial charge in [0.15, 0.2) is 11.5 Å². The number of phenolic OH excluding ortho intramolecular Hbond substituents is 3. The van der Waals surface area contributed by atoms with Gasteiger partial charge in [-0.3, -0.25) is 0 Å². The highest BCUT2D eigenvalue weighted by Crippen LogP contribution is 2.47. The Kier molecular flexibility index (Phi) is 2.91. The van der Waals surface area contributed by atoms with E-state index in [4.69, 9.17) is 0 Å². The third-order valence-electron chi connectivity index (χ3n) is 3.28. The van der Waals surface area contributed by atoms with Crippen molar-refractivity contribution in [2.75, 3.05) is 0 Å². The molecular weight excluding hydrogens is 228 g/mol. The summed E-state index contributed by atoms with van der Waals surface area (Å²) in [6, 6.07) is 7.65. The van der Waals surface area contributed by atoms with Gasteiger partial charge in [-0.05, 0) is 37.5 Å². The molecule has 0 heterocycles. The van der Waals surface area contributed by atoms with Crippen molar-refractivity contribution in [2.45, 2.75) is 20.8 Å². The van der Waals surface area contributed by atoms with Crippen molar-refractivity contribution < 1.29 is 15.3 Å². The third-order valence-corrected chi connectivity index (χ3v) is 3.28. The quantitative estimate of drug-likeness (QED) is 0.674. The lowest BCUT2D eigenvalue weighted by molar-refractivity contribution is 0.366. The van der Waals surface area contributed by atoms with Crippen LogP contribution < -0.4 is 0 Å². The molecule has 0 aliphatic rings. The van der Waals surface area contributed by atoms with Crippen molar-refractivity contribution in [3.8, 4) is 28.4 Å². The molecule has 3 nitrogen and oxygen atoms in total. The van der Waals surface area contributed by atoms with Crippen LogP contribution in [0.1, 0.15) is 16.7 Å². The number of phenols is 3. The lowest BCUT2D eigenvalue weighted by atomic mass is 9.94. The number of aromatic hydroxyl groups is 3. The molecule has 2 aromatic carbocycles. The molecule has 2 rings (SSSR count). The Labute approximate surface area is 106 Å². The van der Waals surface area contributed by atoms with Gasteiger partial charge in [-0.1, -0.05) is 29.8 Å². The molecule has 94 valence electrons. The van der Waals surface area contributed by atoms with Crippen molar-refractivity contribution in [2.24, 2.45) is 0 Å². The van der Waals surface area contributed by atoms with Crippen molar-refractivity contribution in [3.05, 3.63) is 41.0 Å². The predicted octanol–water partition coefficient (Wildman–Crippen LogP) is 3.40. The van der Waals surface area contributed by atoms with E-state index in [1.54, 1.807) is 6.92 Å². The highest BCUT2D eigenvalue weighted by Gasteiger charge is 2.19. The number of rotatable bonds is 1. The summed E-state index contributed by atoms with van der Waals surface area (Å²) in [7, 11) is 0. The molecule has 0 amide bonds. The topological polar surface area (TPSA) is 60.7 Å². The fourth-order valence-corrected chi connectivity index (χ4v) is 2.10. The van der Waals surface area contributed by atoms with E-state index in [1.807, 2.05) is 38.1 Å². The van der Waals surface area contributed by atoms with Crippen LogP contribution in [-0.2, 0) is 0 Å². The summed E-state index contributed by atoms with van der Waals surface area (Å²) in [6.07, 6.45) is 0. The minimum atomic E-state index is -0.463. The first-order valence-corrected chi connectivity index (χ1v) is 5.74. The summed E-state index contributed by atoms with van der Waals surface area (Å²) >= 11 is 0. The first-order chi connectivity index (χ1) is 8.43. The lowest BCUT2D eigenvalue weighted by Crippen LogP contribution is -1.91. The Hall–Kier alpha value is -2.16. The first-order valence-electron chi connectivity index (χ1n) is 5.74. The van der Waals surface area contributed by atoms with Gasteiger partial charge < -0.3 is 15.3 Å². The minimum Gasteiger partial charge on any atom is -0.504 e. The van der Waals surface area contributed by atoms with Crippen molar-refractivity contribution in [1.29, 1.82) is 0 Å². The molecule has 0 fully saturated rings. The van der Waals surface area contributed by atoms with Crippen LogP contribution in [0.2, 0.25) is 0 Å². The SMILES string of the molecule is Cc1cccc(-c2c(C)c(C)c(O)c(O)c2O)c1. The second kappa shape index (κ2) is 4.26. The van der Waals surface area contributed by atoms with Gasteiger partial charge in [0, 0.05) is 5.56 Å². The maximum atomic E-state index is 10.0. The standard InChI is InChI=1S/C15H16O3/c1-8-5-4-6-11(7-8)12-9(2)10(3)13(16)15(18)14(12)17/h4-7,16-18H,1-3H3. The Bertz CT molecular complexity index is 586. The van der Waals surface area contributed by atoms with Gasteiger partial charge in [0.2, 0.25) is 5.75 Å². The Morgan fingerprint density at radius 3 is 2.06 bits per heavy atom. The van der Waals surface area contributed by atoms with E-state index >= 15 is 0 Å². The molecule has 3 heteroatoms. The van der Waals surface area contributed by atoms with E-state index in [9.17, 15) is 15.3 Å². The molecule has 18 heavy (non-hydrogen) atoms. The Morgan fingerprint density at radius 2 is 1.44 bits per heavy atom. The molecule has 0 saturated heterocycles. The van der Waals surface area contributed by atoms with Gasteiger partial charge >= 0.3 is 0 Å². The van der Waals surface area contributed by atoms with Crippen LogP contribution >= 0.6 is 0 Å². The third kappa shape index (κ3) is 1.78. The fourth-order valence-electron chi connectivity index (χ4n) is 2.10. The Balaban J connectivity index is 2.80. The smallest absolute Gasteiger partial charge is 0.201 e. The average molecular weight is 244 g/mol. The molecule has 0 aliphatic carbocycles. The van der Waals surface area contributed by atoms with E-state index in [2.05, 4.69) is 0 Å². The van der Waals surface area contributed by atoms with Crippen LogP contribution in [0.3, 0.4) is 0 Å². The summed E-state index contributed by atoms with van der Waals surface area (Å²) in [6.45, 7) is 5.48. The van der Waals surface area contributed by atoms with Crippen LogP contribution in [0.25, 0.3) is 11.1 Å². The monoisotopic (exact) mass is 244 g/mol. The van der Waals surface area contributed by atoms with Crippen molar-refractivity contribution >= 4 is 0 Å². The number of benzene rings is 2. The van der Waals surface area contributed by atoms with E-state index in [-0.39, 0.29) is 11.5 Å². The zero-order valence-electron chi connectivity index (χ0n) is 10.7. The average Bonchev–Trinajstić information content (AvgIpc) is 2.34. The molecule has 2 aromatic rings. The maximum Gasteiger partial charge on any atom is 0.201 e. The first kappa shape index (κ1) is 12.3. The highest BCUT2D eigenvalue weighted by atomic mass is 16.3. The zero-order valence-corrected chi connectivity index (χ0v) is 10.7. The zero-order chi connectivity index (χ0) is 13.4. The van der Waals surface area contributed by atoms with Crippen LogP contribution in [0.15, 0.2) is 24.3 Å². The summed E-state index contributed by atoms with van der Waals surface area (Å²) < 4.78 is 0. The molecule has 0 bridgehead atoms. The summed E-state index contributed by atoms with van der Waals surface area (Å²) in [5, 5.41) is 29.4. The molecule has 0 aromatic heterocycles. The maximum absolute atomic E-state index is 10.0. The number of hydrogen-bond donors (Lipinski definition) is 3. The van der Waals surface area contributed by atoms with Crippen LogP contribution in [-0.4, -0.2) is 15.3 Å². The predicted molar refractivity (Wildman–Crippen MR) is 71.1 cm³/mol. The second-order valence-corrected chi connectivity index (χ2v) is 4.54. The Morgan fingerprint density at radius 1 is 0.778 bits per heavy atom. The second-order valence-electron chi connectivity index (χ2n) is 4.54. The molecule has 0 aliphatic heterocycles. The molecule has 0 saturated carbocycles. The van der Waals surface area contributed by atoms with Crippen molar-refractivity contribution in [3.63, 3.8) is 0 Å². The highest BCUT2D eigenvalue weighted by molar-refractivity contribution is 5.80. The van der Waals surface area contributed by atoms with Crippen LogP contribution in [0, 0.1) is 20.8 Å². The van der Waals surface area contributed by atoms with Gasteiger partial charge in [0.05, 0.1) is 0 Å². The fraction of sp³-hybridized carbons (Fsp3) is 0.200. The lowest BCUT2D eigenvalue weighted by Gasteiger charge is -2.15.